The van der Waals surface area contributed by atoms with Gasteiger partial charge in [-0.3, -0.25) is 4.79 Å². The smallest absolute Gasteiger partial charge is 0.253 e. The van der Waals surface area contributed by atoms with Crippen LogP contribution in [0.25, 0.3) is 0 Å². The molecule has 17 heavy (non-hydrogen) atoms. The predicted molar refractivity (Wildman–Crippen MR) is 69.9 cm³/mol. The van der Waals surface area contributed by atoms with E-state index in [4.69, 9.17) is 5.73 Å². The quantitative estimate of drug-likeness (QED) is 0.784. The number of nitrogens with one attached hydrogen (secondary N) is 1. The number of carbonyl (C=O) groups excluding carboxylic acids is 1. The fraction of sp³-hybridized carbons (Fsp3) is 0.500. The van der Waals surface area contributed by atoms with Gasteiger partial charge < -0.3 is 11.1 Å². The van der Waals surface area contributed by atoms with E-state index in [9.17, 15) is 4.79 Å². The number of rotatable bonds is 4. The molecule has 0 heterocycles. The van der Waals surface area contributed by atoms with Crippen molar-refractivity contribution in [2.75, 3.05) is 12.3 Å². The van der Waals surface area contributed by atoms with Crippen LogP contribution in [0.3, 0.4) is 0 Å². The Labute approximate surface area is 102 Å². The highest BCUT2D eigenvalue weighted by Crippen LogP contribution is 2.47. The maximum atomic E-state index is 12.0. The first-order valence-corrected chi connectivity index (χ1v) is 6.21. The Morgan fingerprint density at radius 1 is 1.47 bits per heavy atom. The van der Waals surface area contributed by atoms with Crippen LogP contribution in [0.5, 0.6) is 0 Å². The summed E-state index contributed by atoms with van der Waals surface area (Å²) in [5, 5.41) is 3.00. The van der Waals surface area contributed by atoms with Crippen molar-refractivity contribution in [2.24, 2.45) is 5.41 Å². The molecule has 1 amide bonds. The van der Waals surface area contributed by atoms with Crippen molar-refractivity contribution in [3.8, 4) is 0 Å². The largest absolute Gasteiger partial charge is 0.398 e. The van der Waals surface area contributed by atoms with Gasteiger partial charge in [0.25, 0.3) is 5.91 Å². The zero-order valence-electron chi connectivity index (χ0n) is 10.5. The van der Waals surface area contributed by atoms with Gasteiger partial charge in [-0.25, -0.2) is 0 Å². The molecule has 0 bridgehead atoms. The van der Waals surface area contributed by atoms with Crippen molar-refractivity contribution in [1.29, 1.82) is 0 Å². The van der Waals surface area contributed by atoms with E-state index >= 15 is 0 Å². The number of hydrogen-bond acceptors (Lipinski definition) is 2. The van der Waals surface area contributed by atoms with Gasteiger partial charge in [0, 0.05) is 12.2 Å². The normalized spacial score (nSPS) is 16.6. The molecule has 0 atom stereocenters. The molecule has 0 radical (unpaired) electrons. The zero-order chi connectivity index (χ0) is 12.5. The van der Waals surface area contributed by atoms with E-state index in [-0.39, 0.29) is 5.91 Å². The van der Waals surface area contributed by atoms with Crippen molar-refractivity contribution in [1.82, 2.24) is 5.32 Å². The molecule has 1 saturated carbocycles. The van der Waals surface area contributed by atoms with E-state index in [1.54, 1.807) is 6.07 Å². The Morgan fingerprint density at radius 3 is 2.76 bits per heavy atom. The Kier molecular flexibility index (Phi) is 3.09. The average molecular weight is 232 g/mol. The summed E-state index contributed by atoms with van der Waals surface area (Å²) in [6, 6.07) is 5.55. The molecule has 0 saturated heterocycles. The minimum Gasteiger partial charge on any atom is -0.398 e. The summed E-state index contributed by atoms with van der Waals surface area (Å²) in [5.74, 6) is -0.0501. The lowest BCUT2D eigenvalue weighted by Gasteiger charge is -2.14. The lowest BCUT2D eigenvalue weighted by Crippen LogP contribution is -2.30. The second-order valence-corrected chi connectivity index (χ2v) is 5.13. The lowest BCUT2D eigenvalue weighted by atomic mass is 10.0. The van der Waals surface area contributed by atoms with E-state index in [2.05, 4.69) is 12.2 Å². The minimum atomic E-state index is -0.0501. The molecule has 3 heteroatoms. The van der Waals surface area contributed by atoms with E-state index in [1.165, 1.54) is 12.8 Å². The number of anilines is 1. The molecule has 0 aliphatic heterocycles. The number of carbonyl (C=O) groups is 1. The second-order valence-electron chi connectivity index (χ2n) is 5.13. The molecule has 0 spiro atoms. The summed E-state index contributed by atoms with van der Waals surface area (Å²) < 4.78 is 0. The van der Waals surface area contributed by atoms with Gasteiger partial charge in [0.2, 0.25) is 0 Å². The van der Waals surface area contributed by atoms with Crippen molar-refractivity contribution < 1.29 is 4.79 Å². The SMILES string of the molecule is CCC1(CNC(=O)c2cc(C)ccc2N)CC1. The van der Waals surface area contributed by atoms with Crippen LogP contribution >= 0.6 is 0 Å². The van der Waals surface area contributed by atoms with E-state index < -0.39 is 0 Å². The maximum absolute atomic E-state index is 12.0. The van der Waals surface area contributed by atoms with Crippen LogP contribution in [0.15, 0.2) is 18.2 Å². The van der Waals surface area contributed by atoms with Gasteiger partial charge >= 0.3 is 0 Å². The molecule has 0 unspecified atom stereocenters. The summed E-state index contributed by atoms with van der Waals surface area (Å²) >= 11 is 0. The van der Waals surface area contributed by atoms with Gasteiger partial charge in [-0.2, -0.15) is 0 Å². The van der Waals surface area contributed by atoms with E-state index in [0.717, 1.165) is 18.5 Å². The molecule has 3 nitrogen and oxygen atoms in total. The van der Waals surface area contributed by atoms with Gasteiger partial charge in [0.05, 0.1) is 5.56 Å². The highest BCUT2D eigenvalue weighted by atomic mass is 16.1. The van der Waals surface area contributed by atoms with E-state index in [0.29, 0.717) is 16.7 Å². The summed E-state index contributed by atoms with van der Waals surface area (Å²) in [6.07, 6.45) is 3.59. The van der Waals surface area contributed by atoms with E-state index in [1.807, 2.05) is 19.1 Å². The minimum absolute atomic E-state index is 0.0501. The Bertz CT molecular complexity index is 436. The fourth-order valence-electron chi connectivity index (χ4n) is 2.06. The van der Waals surface area contributed by atoms with Gasteiger partial charge in [-0.1, -0.05) is 18.6 Å². The third-order valence-electron chi connectivity index (χ3n) is 3.78. The maximum Gasteiger partial charge on any atom is 0.253 e. The number of benzene rings is 1. The van der Waals surface area contributed by atoms with Crippen LogP contribution in [0.2, 0.25) is 0 Å². The van der Waals surface area contributed by atoms with Gasteiger partial charge in [0.1, 0.15) is 0 Å². The van der Waals surface area contributed by atoms with Crippen LogP contribution in [-0.2, 0) is 0 Å². The molecule has 1 fully saturated rings. The third kappa shape index (κ3) is 2.60. The lowest BCUT2D eigenvalue weighted by molar-refractivity contribution is 0.0945. The third-order valence-corrected chi connectivity index (χ3v) is 3.78. The second kappa shape index (κ2) is 4.40. The molecular weight excluding hydrogens is 212 g/mol. The van der Waals surface area contributed by atoms with Gasteiger partial charge in [-0.05, 0) is 43.7 Å². The molecule has 1 aliphatic carbocycles. The van der Waals surface area contributed by atoms with Crippen LogP contribution < -0.4 is 11.1 Å². The zero-order valence-corrected chi connectivity index (χ0v) is 10.5. The van der Waals surface area contributed by atoms with Crippen LogP contribution in [0.1, 0.15) is 42.1 Å². The molecule has 1 aromatic carbocycles. The first-order chi connectivity index (χ1) is 8.06. The highest BCUT2D eigenvalue weighted by Gasteiger charge is 2.40. The van der Waals surface area contributed by atoms with Crippen molar-refractivity contribution in [2.45, 2.75) is 33.1 Å². The van der Waals surface area contributed by atoms with Crippen LogP contribution in [0, 0.1) is 12.3 Å². The molecule has 1 aromatic rings. The summed E-state index contributed by atoms with van der Waals surface area (Å²) in [6.45, 7) is 4.92. The monoisotopic (exact) mass is 232 g/mol. The summed E-state index contributed by atoms with van der Waals surface area (Å²) in [5.41, 5.74) is 8.39. The number of aryl methyl sites for hydroxylation is 1. The average Bonchev–Trinajstić information content (AvgIpc) is 3.10. The van der Waals surface area contributed by atoms with Crippen LogP contribution in [-0.4, -0.2) is 12.5 Å². The molecular formula is C14H20N2O. The van der Waals surface area contributed by atoms with Crippen LogP contribution in [0.4, 0.5) is 5.69 Å². The van der Waals surface area contributed by atoms with Crippen molar-refractivity contribution in [3.05, 3.63) is 29.3 Å². The van der Waals surface area contributed by atoms with Crippen molar-refractivity contribution in [3.63, 3.8) is 0 Å². The number of hydrogen-bond donors (Lipinski definition) is 2. The predicted octanol–water partition coefficient (Wildman–Crippen LogP) is 2.50. The molecule has 0 aromatic heterocycles. The first-order valence-electron chi connectivity index (χ1n) is 6.21. The summed E-state index contributed by atoms with van der Waals surface area (Å²) in [4.78, 5) is 12.0. The van der Waals surface area contributed by atoms with Crippen molar-refractivity contribution >= 4 is 11.6 Å². The Balaban J connectivity index is 2.02. The first kappa shape index (κ1) is 12.0. The topological polar surface area (TPSA) is 55.1 Å². The Hall–Kier alpha value is -1.51. The highest BCUT2D eigenvalue weighted by molar-refractivity contribution is 5.99. The molecule has 1 aliphatic rings. The number of amides is 1. The van der Waals surface area contributed by atoms with Gasteiger partial charge in [-0.15, -0.1) is 0 Å². The fourth-order valence-corrected chi connectivity index (χ4v) is 2.06. The van der Waals surface area contributed by atoms with Gasteiger partial charge in [0.15, 0.2) is 0 Å². The molecule has 92 valence electrons. The Morgan fingerprint density at radius 2 is 2.18 bits per heavy atom. The number of nitrogens with two attached hydrogens (primary N) is 1. The number of nitrogen functional groups attached to an aromatic ring is 1. The standard InChI is InChI=1S/C14H20N2O/c1-3-14(6-7-14)9-16-13(17)11-8-10(2)4-5-12(11)15/h4-5,8H,3,6-7,9,15H2,1-2H3,(H,16,17). The molecule has 2 rings (SSSR count). The summed E-state index contributed by atoms with van der Waals surface area (Å²) in [7, 11) is 0. The molecule has 3 N–H and O–H groups in total.